The molecular formula is C23H19FN4. The molecule has 1 aromatic carbocycles. The van der Waals surface area contributed by atoms with Crippen LogP contribution in [0.5, 0.6) is 0 Å². The first-order valence-electron chi connectivity index (χ1n) is 9.06. The molecule has 3 heterocycles. The van der Waals surface area contributed by atoms with E-state index >= 15 is 0 Å². The maximum Gasteiger partial charge on any atom is 0.123 e. The summed E-state index contributed by atoms with van der Waals surface area (Å²) in [5.41, 5.74) is 5.46. The molecule has 0 radical (unpaired) electrons. The van der Waals surface area contributed by atoms with Gasteiger partial charge in [0, 0.05) is 41.3 Å². The fraction of sp³-hybridized carbons (Fsp3) is 0.0870. The van der Waals surface area contributed by atoms with Gasteiger partial charge in [-0.15, -0.1) is 0 Å². The van der Waals surface area contributed by atoms with Crippen molar-refractivity contribution in [2.24, 2.45) is 0 Å². The van der Waals surface area contributed by atoms with Crippen LogP contribution in [-0.4, -0.2) is 20.2 Å². The molecule has 1 atom stereocenters. The van der Waals surface area contributed by atoms with Gasteiger partial charge in [0.05, 0.1) is 5.69 Å². The summed E-state index contributed by atoms with van der Waals surface area (Å²) in [7, 11) is 0. The molecule has 0 aliphatic rings. The van der Waals surface area contributed by atoms with Gasteiger partial charge in [-0.05, 0) is 60.2 Å². The van der Waals surface area contributed by atoms with Gasteiger partial charge in [-0.3, -0.25) is 15.1 Å². The minimum Gasteiger partial charge on any atom is -0.277 e. The third-order valence-electron chi connectivity index (χ3n) is 4.59. The highest BCUT2D eigenvalue weighted by molar-refractivity contribution is 5.86. The number of rotatable bonds is 5. The van der Waals surface area contributed by atoms with Crippen molar-refractivity contribution in [3.05, 3.63) is 96.5 Å². The summed E-state index contributed by atoms with van der Waals surface area (Å²) in [5, 5.41) is 7.63. The van der Waals surface area contributed by atoms with Crippen molar-refractivity contribution in [3.63, 3.8) is 0 Å². The van der Waals surface area contributed by atoms with Crippen molar-refractivity contribution >= 4 is 6.08 Å². The molecule has 0 spiro atoms. The van der Waals surface area contributed by atoms with E-state index in [9.17, 15) is 4.39 Å². The smallest absolute Gasteiger partial charge is 0.123 e. The Morgan fingerprint density at radius 1 is 0.929 bits per heavy atom. The number of hydrogen-bond donors (Lipinski definition) is 1. The minimum atomic E-state index is -0.269. The van der Waals surface area contributed by atoms with E-state index in [1.807, 2.05) is 36.4 Å². The number of allylic oxidation sites excluding steroid dienone is 1. The predicted molar refractivity (Wildman–Crippen MR) is 109 cm³/mol. The number of nitrogens with one attached hydrogen (secondary N) is 1. The first kappa shape index (κ1) is 17.8. The first-order valence-corrected chi connectivity index (χ1v) is 9.06. The van der Waals surface area contributed by atoms with E-state index in [2.05, 4.69) is 33.2 Å². The van der Waals surface area contributed by atoms with E-state index in [-0.39, 0.29) is 11.7 Å². The lowest BCUT2D eigenvalue weighted by molar-refractivity contribution is 0.628. The maximum absolute atomic E-state index is 13.3. The van der Waals surface area contributed by atoms with Crippen LogP contribution >= 0.6 is 0 Å². The first-order chi connectivity index (χ1) is 13.7. The van der Waals surface area contributed by atoms with E-state index in [1.54, 1.807) is 30.7 Å². The van der Waals surface area contributed by atoms with Crippen LogP contribution in [0.1, 0.15) is 24.2 Å². The van der Waals surface area contributed by atoms with Gasteiger partial charge in [0.25, 0.3) is 0 Å². The van der Waals surface area contributed by atoms with Crippen LogP contribution in [0.25, 0.3) is 28.5 Å². The maximum atomic E-state index is 13.3. The summed E-state index contributed by atoms with van der Waals surface area (Å²) in [5.74, 6) is -0.113. The Hall–Kier alpha value is -3.60. The number of benzene rings is 1. The van der Waals surface area contributed by atoms with Crippen molar-refractivity contribution in [2.45, 2.75) is 12.8 Å². The molecule has 0 aliphatic carbocycles. The average Bonchev–Trinajstić information content (AvgIpc) is 3.17. The van der Waals surface area contributed by atoms with Gasteiger partial charge in [0.1, 0.15) is 11.5 Å². The Labute approximate surface area is 162 Å². The van der Waals surface area contributed by atoms with E-state index < -0.39 is 0 Å². The number of H-pyrrole nitrogens is 1. The van der Waals surface area contributed by atoms with Crippen molar-refractivity contribution in [2.75, 3.05) is 0 Å². The van der Waals surface area contributed by atoms with Crippen LogP contribution in [-0.2, 0) is 0 Å². The van der Waals surface area contributed by atoms with Gasteiger partial charge < -0.3 is 0 Å². The van der Waals surface area contributed by atoms with Gasteiger partial charge in [-0.1, -0.05) is 19.1 Å². The highest BCUT2D eigenvalue weighted by atomic mass is 19.1. The Morgan fingerprint density at radius 2 is 1.71 bits per heavy atom. The molecular weight excluding hydrogens is 351 g/mol. The SMILES string of the molecule is CC(C=Cc1[nH]nc(-c2ccc(F)cc2)c1-c1ccncc1)c1ccccn1. The summed E-state index contributed by atoms with van der Waals surface area (Å²) in [4.78, 5) is 8.52. The number of nitrogens with zero attached hydrogens (tertiary/aromatic N) is 3. The van der Waals surface area contributed by atoms with Crippen LogP contribution < -0.4 is 0 Å². The number of aromatic amines is 1. The van der Waals surface area contributed by atoms with Crippen molar-refractivity contribution in [1.29, 1.82) is 0 Å². The molecule has 0 bridgehead atoms. The molecule has 4 nitrogen and oxygen atoms in total. The van der Waals surface area contributed by atoms with Crippen LogP contribution in [0.15, 0.2) is 79.3 Å². The molecule has 0 fully saturated rings. The average molecular weight is 370 g/mol. The molecule has 4 aromatic rings. The van der Waals surface area contributed by atoms with Gasteiger partial charge >= 0.3 is 0 Å². The second kappa shape index (κ2) is 7.96. The van der Waals surface area contributed by atoms with Gasteiger partial charge in [0.2, 0.25) is 0 Å². The summed E-state index contributed by atoms with van der Waals surface area (Å²) in [6.45, 7) is 2.10. The van der Waals surface area contributed by atoms with Crippen molar-refractivity contribution < 1.29 is 4.39 Å². The fourth-order valence-corrected chi connectivity index (χ4v) is 3.09. The van der Waals surface area contributed by atoms with E-state index in [0.717, 1.165) is 33.8 Å². The van der Waals surface area contributed by atoms with Gasteiger partial charge in [-0.2, -0.15) is 5.10 Å². The second-order valence-electron chi connectivity index (χ2n) is 6.51. The molecule has 5 heteroatoms. The summed E-state index contributed by atoms with van der Waals surface area (Å²) in [6, 6.07) is 16.1. The Balaban J connectivity index is 1.75. The highest BCUT2D eigenvalue weighted by Crippen LogP contribution is 2.34. The van der Waals surface area contributed by atoms with Crippen molar-refractivity contribution in [1.82, 2.24) is 20.2 Å². The second-order valence-corrected chi connectivity index (χ2v) is 6.51. The molecule has 28 heavy (non-hydrogen) atoms. The third kappa shape index (κ3) is 3.74. The van der Waals surface area contributed by atoms with Crippen LogP contribution in [0, 0.1) is 5.82 Å². The number of aromatic nitrogens is 4. The topological polar surface area (TPSA) is 54.5 Å². The standard InChI is InChI=1S/C23H19FN4/c1-16(20-4-2-3-13-26-20)5-10-21-22(17-11-14-25-15-12-17)23(28-27-21)18-6-8-19(24)9-7-18/h2-16H,1H3,(H,27,28). The zero-order chi connectivity index (χ0) is 19.3. The van der Waals surface area contributed by atoms with E-state index in [1.165, 1.54) is 12.1 Å². The van der Waals surface area contributed by atoms with Gasteiger partial charge in [-0.25, -0.2) is 4.39 Å². The van der Waals surface area contributed by atoms with Crippen LogP contribution in [0.2, 0.25) is 0 Å². The lowest BCUT2D eigenvalue weighted by Gasteiger charge is -2.06. The number of hydrogen-bond acceptors (Lipinski definition) is 3. The summed E-state index contributed by atoms with van der Waals surface area (Å²) >= 11 is 0. The Kier molecular flexibility index (Phi) is 5.06. The molecule has 3 aromatic heterocycles. The lowest BCUT2D eigenvalue weighted by atomic mass is 9.98. The molecule has 1 N–H and O–H groups in total. The highest BCUT2D eigenvalue weighted by Gasteiger charge is 2.16. The molecule has 0 saturated heterocycles. The lowest BCUT2D eigenvalue weighted by Crippen LogP contribution is -1.92. The molecule has 1 unspecified atom stereocenters. The largest absolute Gasteiger partial charge is 0.277 e. The molecule has 138 valence electrons. The fourth-order valence-electron chi connectivity index (χ4n) is 3.09. The van der Waals surface area contributed by atoms with E-state index in [4.69, 9.17) is 0 Å². The third-order valence-corrected chi connectivity index (χ3v) is 4.59. The number of pyridine rings is 2. The molecule has 0 aliphatic heterocycles. The zero-order valence-corrected chi connectivity index (χ0v) is 15.4. The van der Waals surface area contributed by atoms with Crippen LogP contribution in [0.3, 0.4) is 0 Å². The quantitative estimate of drug-likeness (QED) is 0.505. The van der Waals surface area contributed by atoms with E-state index in [0.29, 0.717) is 0 Å². The Bertz CT molecular complexity index is 1070. The molecule has 0 saturated carbocycles. The molecule has 4 rings (SSSR count). The molecule has 0 amide bonds. The van der Waals surface area contributed by atoms with Crippen molar-refractivity contribution in [3.8, 4) is 22.4 Å². The number of halogens is 1. The monoisotopic (exact) mass is 370 g/mol. The normalized spacial score (nSPS) is 12.4. The summed E-state index contributed by atoms with van der Waals surface area (Å²) in [6.07, 6.45) is 9.41. The Morgan fingerprint density at radius 3 is 2.43 bits per heavy atom. The minimum absolute atomic E-state index is 0.157. The predicted octanol–water partition coefficient (Wildman–Crippen LogP) is 5.49. The van der Waals surface area contributed by atoms with Gasteiger partial charge in [0.15, 0.2) is 0 Å². The zero-order valence-electron chi connectivity index (χ0n) is 15.4. The van der Waals surface area contributed by atoms with Crippen LogP contribution in [0.4, 0.5) is 4.39 Å². The summed E-state index contributed by atoms with van der Waals surface area (Å²) < 4.78 is 13.3.